The van der Waals surface area contributed by atoms with Gasteiger partial charge in [0.1, 0.15) is 0 Å². The zero-order valence-corrected chi connectivity index (χ0v) is 9.88. The SMILES string of the molecule is Cc1ccccc1.c1ccc2ncccc2c1. The third-order valence-corrected chi connectivity index (χ3v) is 2.45. The summed E-state index contributed by atoms with van der Waals surface area (Å²) in [5.41, 5.74) is 2.38. The van der Waals surface area contributed by atoms with E-state index >= 15 is 0 Å². The van der Waals surface area contributed by atoms with Crippen molar-refractivity contribution in [3.8, 4) is 0 Å². The van der Waals surface area contributed by atoms with E-state index in [1.165, 1.54) is 10.9 Å². The molecule has 17 heavy (non-hydrogen) atoms. The molecule has 1 heteroatoms. The molecule has 0 aliphatic heterocycles. The number of benzene rings is 2. The molecule has 1 aromatic heterocycles. The van der Waals surface area contributed by atoms with Crippen molar-refractivity contribution in [2.45, 2.75) is 6.92 Å². The Labute approximate surface area is 102 Å². The third kappa shape index (κ3) is 3.42. The van der Waals surface area contributed by atoms with E-state index in [9.17, 15) is 0 Å². The van der Waals surface area contributed by atoms with E-state index in [2.05, 4.69) is 36.2 Å². The number of aryl methyl sites for hydroxylation is 1. The molecule has 84 valence electrons. The van der Waals surface area contributed by atoms with Gasteiger partial charge in [-0.05, 0) is 19.1 Å². The summed E-state index contributed by atoms with van der Waals surface area (Å²) in [5, 5.41) is 1.20. The maximum absolute atomic E-state index is 4.18. The molecule has 0 fully saturated rings. The predicted molar refractivity (Wildman–Crippen MR) is 72.9 cm³/mol. The molecule has 1 heterocycles. The van der Waals surface area contributed by atoms with Gasteiger partial charge in [-0.3, -0.25) is 4.98 Å². The highest BCUT2D eigenvalue weighted by Crippen LogP contribution is 2.07. The molecule has 0 saturated carbocycles. The molecule has 1 nitrogen and oxygen atoms in total. The van der Waals surface area contributed by atoms with Gasteiger partial charge in [-0.15, -0.1) is 0 Å². The van der Waals surface area contributed by atoms with Gasteiger partial charge in [-0.2, -0.15) is 0 Å². The van der Waals surface area contributed by atoms with E-state index in [0.717, 1.165) is 5.52 Å². The number of pyridine rings is 1. The highest BCUT2D eigenvalue weighted by molar-refractivity contribution is 5.77. The average molecular weight is 221 g/mol. The van der Waals surface area contributed by atoms with Gasteiger partial charge >= 0.3 is 0 Å². The quantitative estimate of drug-likeness (QED) is 0.553. The highest BCUT2D eigenvalue weighted by Gasteiger charge is 1.86. The van der Waals surface area contributed by atoms with E-state index < -0.39 is 0 Å². The first-order chi connectivity index (χ1) is 8.36. The summed E-state index contributed by atoms with van der Waals surface area (Å²) in [6, 6.07) is 22.3. The van der Waals surface area contributed by atoms with Gasteiger partial charge in [0.15, 0.2) is 0 Å². The van der Waals surface area contributed by atoms with Crippen LogP contribution in [0.15, 0.2) is 72.9 Å². The molecule has 0 atom stereocenters. The van der Waals surface area contributed by atoms with E-state index in [0.29, 0.717) is 0 Å². The van der Waals surface area contributed by atoms with Crippen molar-refractivity contribution >= 4 is 10.9 Å². The fraction of sp³-hybridized carbons (Fsp3) is 0.0625. The van der Waals surface area contributed by atoms with Crippen LogP contribution in [-0.4, -0.2) is 4.98 Å². The third-order valence-electron chi connectivity index (χ3n) is 2.45. The fourth-order valence-corrected chi connectivity index (χ4v) is 1.55. The van der Waals surface area contributed by atoms with Crippen molar-refractivity contribution in [3.05, 3.63) is 78.5 Å². The lowest BCUT2D eigenvalue weighted by Gasteiger charge is -1.91. The van der Waals surface area contributed by atoms with Crippen LogP contribution in [0.3, 0.4) is 0 Å². The lowest BCUT2D eigenvalue weighted by Crippen LogP contribution is -1.73. The molecule has 0 aliphatic carbocycles. The van der Waals surface area contributed by atoms with E-state index in [4.69, 9.17) is 0 Å². The first kappa shape index (κ1) is 11.3. The minimum absolute atomic E-state index is 1.06. The zero-order chi connectivity index (χ0) is 11.9. The molecule has 0 spiro atoms. The molecule has 3 aromatic rings. The summed E-state index contributed by atoms with van der Waals surface area (Å²) in [4.78, 5) is 4.18. The molecular weight excluding hydrogens is 206 g/mol. The van der Waals surface area contributed by atoms with Crippen LogP contribution in [0.1, 0.15) is 5.56 Å². The first-order valence-electron chi connectivity index (χ1n) is 5.68. The standard InChI is InChI=1S/C9H7N.C7H8/c1-2-6-9-8(4-1)5-3-7-10-9;1-7-5-3-2-4-6-7/h1-7H;2-6H,1H3. The Morgan fingerprint density at radius 3 is 2.00 bits per heavy atom. The van der Waals surface area contributed by atoms with Crippen molar-refractivity contribution in [2.75, 3.05) is 0 Å². The van der Waals surface area contributed by atoms with Crippen molar-refractivity contribution in [2.24, 2.45) is 0 Å². The molecule has 0 radical (unpaired) electrons. The van der Waals surface area contributed by atoms with Gasteiger partial charge < -0.3 is 0 Å². The Morgan fingerprint density at radius 2 is 1.35 bits per heavy atom. The molecule has 0 bridgehead atoms. The molecule has 2 aromatic carbocycles. The number of aromatic nitrogens is 1. The highest BCUT2D eigenvalue weighted by atomic mass is 14.6. The number of hydrogen-bond acceptors (Lipinski definition) is 1. The largest absolute Gasteiger partial charge is 0.256 e. The summed E-state index contributed by atoms with van der Waals surface area (Å²) in [6.07, 6.45) is 1.81. The van der Waals surface area contributed by atoms with Crippen LogP contribution in [0.5, 0.6) is 0 Å². The minimum atomic E-state index is 1.06. The van der Waals surface area contributed by atoms with Crippen LogP contribution >= 0.6 is 0 Å². The van der Waals surface area contributed by atoms with Gasteiger partial charge in [0.25, 0.3) is 0 Å². The van der Waals surface area contributed by atoms with Crippen molar-refractivity contribution in [3.63, 3.8) is 0 Å². The Hall–Kier alpha value is -2.15. The summed E-state index contributed by atoms with van der Waals surface area (Å²) >= 11 is 0. The lowest BCUT2D eigenvalue weighted by molar-refractivity contribution is 1.41. The van der Waals surface area contributed by atoms with E-state index in [1.54, 1.807) is 0 Å². The fourth-order valence-electron chi connectivity index (χ4n) is 1.55. The van der Waals surface area contributed by atoms with Gasteiger partial charge in [0, 0.05) is 11.6 Å². The van der Waals surface area contributed by atoms with Crippen molar-refractivity contribution < 1.29 is 0 Å². The minimum Gasteiger partial charge on any atom is -0.256 e. The van der Waals surface area contributed by atoms with Gasteiger partial charge in [0.05, 0.1) is 5.52 Å². The maximum Gasteiger partial charge on any atom is 0.0701 e. The Morgan fingerprint density at radius 1 is 0.706 bits per heavy atom. The predicted octanol–water partition coefficient (Wildman–Crippen LogP) is 4.23. The lowest BCUT2D eigenvalue weighted by atomic mass is 10.2. The monoisotopic (exact) mass is 221 g/mol. The summed E-state index contributed by atoms with van der Waals surface area (Å²) < 4.78 is 0. The molecule has 0 aliphatic rings. The number of nitrogens with zero attached hydrogens (tertiary/aromatic N) is 1. The zero-order valence-electron chi connectivity index (χ0n) is 9.88. The van der Waals surface area contributed by atoms with Gasteiger partial charge in [-0.1, -0.05) is 60.2 Å². The van der Waals surface area contributed by atoms with Crippen LogP contribution in [0.25, 0.3) is 10.9 Å². The molecular formula is C16H15N. The van der Waals surface area contributed by atoms with Crippen LogP contribution in [-0.2, 0) is 0 Å². The van der Waals surface area contributed by atoms with Crippen LogP contribution in [0.4, 0.5) is 0 Å². The second-order valence-corrected chi connectivity index (χ2v) is 3.85. The van der Waals surface area contributed by atoms with Crippen LogP contribution in [0, 0.1) is 6.92 Å². The summed E-state index contributed by atoms with van der Waals surface area (Å²) in [5.74, 6) is 0. The van der Waals surface area contributed by atoms with E-state index in [1.807, 2.05) is 48.7 Å². The molecule has 0 N–H and O–H groups in total. The number of fused-ring (bicyclic) bond motifs is 1. The maximum atomic E-state index is 4.18. The normalized spacial score (nSPS) is 9.47. The molecule has 0 saturated heterocycles. The second-order valence-electron chi connectivity index (χ2n) is 3.85. The molecule has 3 rings (SSSR count). The average Bonchev–Trinajstić information content (AvgIpc) is 2.41. The number of rotatable bonds is 0. The summed E-state index contributed by atoms with van der Waals surface area (Å²) in [7, 11) is 0. The molecule has 0 amide bonds. The van der Waals surface area contributed by atoms with Crippen LogP contribution in [0.2, 0.25) is 0 Å². The Kier molecular flexibility index (Phi) is 3.87. The topological polar surface area (TPSA) is 12.9 Å². The van der Waals surface area contributed by atoms with Gasteiger partial charge in [0.2, 0.25) is 0 Å². The van der Waals surface area contributed by atoms with Crippen molar-refractivity contribution in [1.82, 2.24) is 4.98 Å². The summed E-state index contributed by atoms with van der Waals surface area (Å²) in [6.45, 7) is 2.08. The number of hydrogen-bond donors (Lipinski definition) is 0. The number of para-hydroxylation sites is 1. The Bertz CT molecular complexity index is 508. The second kappa shape index (κ2) is 5.80. The van der Waals surface area contributed by atoms with Crippen LogP contribution < -0.4 is 0 Å². The van der Waals surface area contributed by atoms with Crippen molar-refractivity contribution in [1.29, 1.82) is 0 Å². The van der Waals surface area contributed by atoms with Gasteiger partial charge in [-0.25, -0.2) is 0 Å². The molecule has 0 unspecified atom stereocenters. The van der Waals surface area contributed by atoms with E-state index in [-0.39, 0.29) is 0 Å². The Balaban J connectivity index is 0.000000136. The first-order valence-corrected chi connectivity index (χ1v) is 5.68. The smallest absolute Gasteiger partial charge is 0.0701 e.